The molecule has 1 aromatic rings. The molecule has 0 aromatic heterocycles. The molecular weight excluding hydrogens is 258 g/mol. The van der Waals surface area contributed by atoms with Gasteiger partial charge >= 0.3 is 0 Å². The zero-order chi connectivity index (χ0) is 15.2. The fourth-order valence-corrected chi connectivity index (χ4v) is 2.99. The van der Waals surface area contributed by atoms with Crippen LogP contribution in [0.15, 0.2) is 24.3 Å². The Hall–Kier alpha value is -0.900. The van der Waals surface area contributed by atoms with Crippen molar-refractivity contribution in [1.82, 2.24) is 15.1 Å². The maximum Gasteiger partial charge on any atom is 0.0469 e. The minimum Gasteiger partial charge on any atom is -0.314 e. The molecule has 1 aliphatic heterocycles. The summed E-state index contributed by atoms with van der Waals surface area (Å²) in [4.78, 5) is 4.92. The van der Waals surface area contributed by atoms with Gasteiger partial charge in [0, 0.05) is 38.8 Å². The summed E-state index contributed by atoms with van der Waals surface area (Å²) in [6.07, 6.45) is 1.21. The van der Waals surface area contributed by atoms with Crippen LogP contribution < -0.4 is 5.32 Å². The summed E-state index contributed by atoms with van der Waals surface area (Å²) in [7, 11) is 4.38. The average Bonchev–Trinajstić information content (AvgIpc) is 2.53. The van der Waals surface area contributed by atoms with Gasteiger partial charge in [-0.05, 0) is 37.6 Å². The van der Waals surface area contributed by atoms with E-state index >= 15 is 0 Å². The molecule has 3 heteroatoms. The zero-order valence-corrected chi connectivity index (χ0v) is 14.1. The Morgan fingerprint density at radius 3 is 2.19 bits per heavy atom. The number of hydrogen-bond donors (Lipinski definition) is 1. The third kappa shape index (κ3) is 4.53. The molecule has 0 bridgehead atoms. The van der Waals surface area contributed by atoms with Gasteiger partial charge in [-0.25, -0.2) is 0 Å². The Balaban J connectivity index is 2.06. The van der Waals surface area contributed by atoms with E-state index in [-0.39, 0.29) is 0 Å². The van der Waals surface area contributed by atoms with E-state index in [9.17, 15) is 0 Å². The maximum atomic E-state index is 3.43. The number of nitrogens with one attached hydrogen (secondary N) is 1. The topological polar surface area (TPSA) is 18.5 Å². The van der Waals surface area contributed by atoms with Gasteiger partial charge in [0.15, 0.2) is 0 Å². The number of rotatable bonds is 6. The van der Waals surface area contributed by atoms with Gasteiger partial charge in [0.25, 0.3) is 0 Å². The highest BCUT2D eigenvalue weighted by molar-refractivity contribution is 5.27. The first-order valence-corrected chi connectivity index (χ1v) is 8.31. The van der Waals surface area contributed by atoms with Crippen molar-refractivity contribution >= 4 is 0 Å². The molecule has 2 unspecified atom stereocenters. The Labute approximate surface area is 130 Å². The molecule has 0 spiro atoms. The highest BCUT2D eigenvalue weighted by atomic mass is 15.2. The van der Waals surface area contributed by atoms with Gasteiger partial charge in [-0.1, -0.05) is 38.1 Å². The molecule has 2 rings (SSSR count). The lowest BCUT2D eigenvalue weighted by atomic mass is 9.95. The van der Waals surface area contributed by atoms with E-state index in [4.69, 9.17) is 0 Å². The van der Waals surface area contributed by atoms with Crippen molar-refractivity contribution in [3.8, 4) is 0 Å². The van der Waals surface area contributed by atoms with Crippen molar-refractivity contribution in [2.45, 2.75) is 32.2 Å². The monoisotopic (exact) mass is 289 g/mol. The first kappa shape index (κ1) is 16.5. The van der Waals surface area contributed by atoms with Crippen molar-refractivity contribution in [2.75, 3.05) is 46.8 Å². The van der Waals surface area contributed by atoms with Crippen LogP contribution in [0.2, 0.25) is 0 Å². The van der Waals surface area contributed by atoms with Crippen molar-refractivity contribution in [3.63, 3.8) is 0 Å². The van der Waals surface area contributed by atoms with E-state index in [1.165, 1.54) is 17.5 Å². The van der Waals surface area contributed by atoms with Crippen LogP contribution in [0.5, 0.6) is 0 Å². The van der Waals surface area contributed by atoms with E-state index in [1.54, 1.807) is 0 Å². The Morgan fingerprint density at radius 1 is 1.10 bits per heavy atom. The molecule has 0 amide bonds. The lowest BCUT2D eigenvalue weighted by molar-refractivity contribution is 0.168. The second-order valence-electron chi connectivity index (χ2n) is 6.51. The minimum atomic E-state index is 0.481. The number of piperazine rings is 1. The molecular formula is C18H31N3. The molecule has 118 valence electrons. The number of likely N-dealkylation sites (N-methyl/N-ethyl adjacent to an activating group) is 1. The van der Waals surface area contributed by atoms with Crippen LogP contribution in [-0.4, -0.2) is 56.6 Å². The summed E-state index contributed by atoms with van der Waals surface area (Å²) in [5, 5.41) is 3.43. The predicted molar refractivity (Wildman–Crippen MR) is 90.9 cm³/mol. The molecule has 1 aromatic carbocycles. The molecule has 2 atom stereocenters. The van der Waals surface area contributed by atoms with Gasteiger partial charge in [-0.2, -0.15) is 0 Å². The SMILES string of the molecule is CCC(C)c1ccc(C(CN2CCNCC2)N(C)C)cc1. The molecule has 3 nitrogen and oxygen atoms in total. The van der Waals surface area contributed by atoms with E-state index in [0.29, 0.717) is 12.0 Å². The minimum absolute atomic E-state index is 0.481. The Kier molecular flexibility index (Phi) is 6.22. The molecule has 0 saturated carbocycles. The van der Waals surface area contributed by atoms with Gasteiger partial charge in [0.05, 0.1) is 0 Å². The summed E-state index contributed by atoms with van der Waals surface area (Å²) in [6, 6.07) is 9.77. The van der Waals surface area contributed by atoms with Gasteiger partial charge in [0.1, 0.15) is 0 Å². The van der Waals surface area contributed by atoms with Crippen LogP contribution in [0, 0.1) is 0 Å². The second-order valence-corrected chi connectivity index (χ2v) is 6.51. The van der Waals surface area contributed by atoms with Crippen molar-refractivity contribution < 1.29 is 0 Å². The predicted octanol–water partition coefficient (Wildman–Crippen LogP) is 2.71. The molecule has 1 saturated heterocycles. The molecule has 1 aliphatic rings. The fourth-order valence-electron chi connectivity index (χ4n) is 2.99. The smallest absolute Gasteiger partial charge is 0.0469 e. The average molecular weight is 289 g/mol. The third-order valence-corrected chi connectivity index (χ3v) is 4.77. The van der Waals surface area contributed by atoms with Crippen LogP contribution in [0.1, 0.15) is 43.4 Å². The van der Waals surface area contributed by atoms with Crippen LogP contribution in [0.25, 0.3) is 0 Å². The number of hydrogen-bond acceptors (Lipinski definition) is 3. The second kappa shape index (κ2) is 7.92. The van der Waals surface area contributed by atoms with Crippen LogP contribution in [0.4, 0.5) is 0 Å². The van der Waals surface area contributed by atoms with Crippen LogP contribution >= 0.6 is 0 Å². The zero-order valence-electron chi connectivity index (χ0n) is 14.1. The molecule has 1 heterocycles. The van der Waals surface area contributed by atoms with Gasteiger partial charge < -0.3 is 10.2 Å². The lowest BCUT2D eigenvalue weighted by Gasteiger charge is -2.34. The maximum absolute atomic E-state index is 3.43. The van der Waals surface area contributed by atoms with Crippen LogP contribution in [0.3, 0.4) is 0 Å². The van der Waals surface area contributed by atoms with Gasteiger partial charge in [0.2, 0.25) is 0 Å². The molecule has 0 radical (unpaired) electrons. The molecule has 1 N–H and O–H groups in total. The molecule has 1 fully saturated rings. The normalized spacial score (nSPS) is 19.7. The summed E-state index contributed by atoms with van der Waals surface area (Å²) < 4.78 is 0. The third-order valence-electron chi connectivity index (χ3n) is 4.77. The first-order valence-electron chi connectivity index (χ1n) is 8.31. The van der Waals surface area contributed by atoms with Gasteiger partial charge in [-0.3, -0.25) is 4.90 Å². The van der Waals surface area contributed by atoms with Crippen LogP contribution in [-0.2, 0) is 0 Å². The van der Waals surface area contributed by atoms with Crippen molar-refractivity contribution in [3.05, 3.63) is 35.4 Å². The van der Waals surface area contributed by atoms with Crippen molar-refractivity contribution in [1.29, 1.82) is 0 Å². The molecule has 0 aliphatic carbocycles. The summed E-state index contributed by atoms with van der Waals surface area (Å²) >= 11 is 0. The van der Waals surface area contributed by atoms with E-state index in [0.717, 1.165) is 32.7 Å². The summed E-state index contributed by atoms with van der Waals surface area (Å²) in [5.41, 5.74) is 2.89. The number of benzene rings is 1. The number of nitrogens with zero attached hydrogens (tertiary/aromatic N) is 2. The highest BCUT2D eigenvalue weighted by Crippen LogP contribution is 2.24. The first-order chi connectivity index (χ1) is 10.1. The Bertz CT molecular complexity index is 407. The van der Waals surface area contributed by atoms with E-state index < -0.39 is 0 Å². The summed E-state index contributed by atoms with van der Waals surface area (Å²) in [5.74, 6) is 0.657. The lowest BCUT2D eigenvalue weighted by Crippen LogP contribution is -2.46. The quantitative estimate of drug-likeness (QED) is 0.869. The highest BCUT2D eigenvalue weighted by Gasteiger charge is 2.19. The Morgan fingerprint density at radius 2 is 1.67 bits per heavy atom. The standard InChI is InChI=1S/C18H31N3/c1-5-15(2)16-6-8-17(9-7-16)18(20(3)4)14-21-12-10-19-11-13-21/h6-9,15,18-19H,5,10-14H2,1-4H3. The van der Waals surface area contributed by atoms with E-state index in [1.807, 2.05) is 0 Å². The largest absolute Gasteiger partial charge is 0.314 e. The summed E-state index contributed by atoms with van der Waals surface area (Å²) in [6.45, 7) is 10.2. The van der Waals surface area contributed by atoms with Crippen molar-refractivity contribution in [2.24, 2.45) is 0 Å². The molecule has 21 heavy (non-hydrogen) atoms. The van der Waals surface area contributed by atoms with E-state index in [2.05, 4.69) is 67.3 Å². The van der Waals surface area contributed by atoms with Gasteiger partial charge in [-0.15, -0.1) is 0 Å². The fraction of sp³-hybridized carbons (Fsp3) is 0.667.